The van der Waals surface area contributed by atoms with Gasteiger partial charge in [-0.3, -0.25) is 4.79 Å². The molecular weight excluding hydrogens is 424 g/mol. The number of anilines is 1. The number of halogens is 1. The van der Waals surface area contributed by atoms with E-state index < -0.39 is 11.9 Å². The number of carboxylic acid groups (broad SMARTS) is 1. The number of carbonyl (C=O) groups excluding carboxylic acids is 1. The monoisotopic (exact) mass is 442 g/mol. The number of para-hydroxylation sites is 1. The van der Waals surface area contributed by atoms with Crippen LogP contribution in [0.2, 0.25) is 5.02 Å². The van der Waals surface area contributed by atoms with Crippen LogP contribution in [0, 0.1) is 0 Å². The van der Waals surface area contributed by atoms with Crippen molar-refractivity contribution in [2.45, 2.75) is 13.5 Å². The minimum atomic E-state index is -1.13. The number of aromatic carboxylic acids is 1. The Morgan fingerprint density at radius 3 is 2.53 bits per heavy atom. The Hall–Kier alpha value is -3.16. The van der Waals surface area contributed by atoms with Gasteiger partial charge in [-0.2, -0.15) is 0 Å². The first-order valence-electron chi connectivity index (χ1n) is 9.04. The van der Waals surface area contributed by atoms with Gasteiger partial charge >= 0.3 is 5.97 Å². The second-order valence-corrected chi connectivity index (χ2v) is 7.68. The molecule has 0 fully saturated rings. The molecule has 1 N–H and O–H groups in total. The van der Waals surface area contributed by atoms with Gasteiger partial charge in [-0.05, 0) is 42.1 Å². The highest BCUT2D eigenvalue weighted by molar-refractivity contribution is 7.12. The molecule has 8 heteroatoms. The molecule has 0 saturated carbocycles. The van der Waals surface area contributed by atoms with E-state index in [9.17, 15) is 14.7 Å². The maximum atomic E-state index is 13.0. The largest absolute Gasteiger partial charge is 0.478 e. The van der Waals surface area contributed by atoms with E-state index in [0.717, 1.165) is 4.88 Å². The van der Waals surface area contributed by atoms with Crippen LogP contribution in [0.1, 0.15) is 27.7 Å². The molecule has 3 rings (SSSR count). The molecule has 1 heterocycles. The van der Waals surface area contributed by atoms with Crippen LogP contribution in [0.25, 0.3) is 0 Å². The summed E-state index contributed by atoms with van der Waals surface area (Å²) in [5.74, 6) is -1.57. The number of carboxylic acids is 1. The minimum Gasteiger partial charge on any atom is -0.478 e. The fraction of sp³-hybridized carbons (Fsp3) is 0.136. The average Bonchev–Trinajstić information content (AvgIpc) is 3.28. The Bertz CT molecular complexity index is 1070. The van der Waals surface area contributed by atoms with Crippen molar-refractivity contribution in [1.29, 1.82) is 0 Å². The number of hydrogen-bond donors (Lipinski definition) is 1. The van der Waals surface area contributed by atoms with E-state index in [0.29, 0.717) is 16.3 Å². The summed E-state index contributed by atoms with van der Waals surface area (Å²) in [4.78, 5) is 32.2. The molecule has 0 radical (unpaired) electrons. The number of amides is 1. The predicted molar refractivity (Wildman–Crippen MR) is 119 cm³/mol. The first-order valence-corrected chi connectivity index (χ1v) is 10.3. The van der Waals surface area contributed by atoms with Crippen molar-refractivity contribution in [2.24, 2.45) is 5.16 Å². The molecule has 0 atom stereocenters. The molecule has 154 valence electrons. The van der Waals surface area contributed by atoms with Crippen LogP contribution >= 0.6 is 22.9 Å². The smallest absolute Gasteiger partial charge is 0.337 e. The quantitative estimate of drug-likeness (QED) is 0.390. The highest BCUT2D eigenvalue weighted by Gasteiger charge is 2.23. The molecule has 0 spiro atoms. The Morgan fingerprint density at radius 1 is 1.10 bits per heavy atom. The normalized spacial score (nSPS) is 11.2. The van der Waals surface area contributed by atoms with Crippen molar-refractivity contribution in [3.8, 4) is 0 Å². The van der Waals surface area contributed by atoms with Crippen molar-refractivity contribution >= 4 is 46.2 Å². The van der Waals surface area contributed by atoms with Crippen LogP contribution in [-0.4, -0.2) is 29.3 Å². The van der Waals surface area contributed by atoms with Gasteiger partial charge < -0.3 is 14.8 Å². The summed E-state index contributed by atoms with van der Waals surface area (Å²) in [6, 6.07) is 17.2. The topological polar surface area (TPSA) is 79.2 Å². The van der Waals surface area contributed by atoms with E-state index in [2.05, 4.69) is 5.16 Å². The molecule has 0 aliphatic rings. The third kappa shape index (κ3) is 5.25. The zero-order valence-corrected chi connectivity index (χ0v) is 17.7. The average molecular weight is 443 g/mol. The standard InChI is InChI=1S/C22H19ClN2O4S/c1-15(20-11-6-12-30-20)24-29-14-21(26)25(13-16-7-2-4-9-18(16)23)19-10-5-3-8-17(19)22(27)28/h2-12H,13-14H2,1H3,(H,27,28)/b24-15-. The summed E-state index contributed by atoms with van der Waals surface area (Å²) in [6.07, 6.45) is 0. The molecule has 1 aromatic heterocycles. The van der Waals surface area contributed by atoms with Crippen molar-refractivity contribution in [3.05, 3.63) is 87.1 Å². The number of carbonyl (C=O) groups is 2. The van der Waals surface area contributed by atoms with Crippen LogP contribution in [-0.2, 0) is 16.2 Å². The molecule has 2 aromatic carbocycles. The van der Waals surface area contributed by atoms with Crippen LogP contribution in [0.3, 0.4) is 0 Å². The lowest BCUT2D eigenvalue weighted by atomic mass is 10.1. The molecule has 0 bridgehead atoms. The highest BCUT2D eigenvalue weighted by atomic mass is 35.5. The Balaban J connectivity index is 1.85. The number of rotatable bonds is 8. The van der Waals surface area contributed by atoms with Crippen molar-refractivity contribution in [2.75, 3.05) is 11.5 Å². The Kier molecular flexibility index (Phi) is 7.21. The van der Waals surface area contributed by atoms with E-state index in [1.807, 2.05) is 17.5 Å². The lowest BCUT2D eigenvalue weighted by Crippen LogP contribution is -2.34. The molecule has 0 aliphatic carbocycles. The third-order valence-electron chi connectivity index (χ3n) is 4.28. The first-order chi connectivity index (χ1) is 14.5. The highest BCUT2D eigenvalue weighted by Crippen LogP contribution is 2.25. The summed E-state index contributed by atoms with van der Waals surface area (Å²) >= 11 is 7.78. The van der Waals surface area contributed by atoms with Gasteiger partial charge in [-0.25, -0.2) is 4.79 Å². The summed E-state index contributed by atoms with van der Waals surface area (Å²) in [7, 11) is 0. The summed E-state index contributed by atoms with van der Waals surface area (Å²) < 4.78 is 0. The molecular formula is C22H19ClN2O4S. The summed E-state index contributed by atoms with van der Waals surface area (Å²) in [5, 5.41) is 16.0. The fourth-order valence-corrected chi connectivity index (χ4v) is 3.65. The predicted octanol–water partition coefficient (Wildman–Crippen LogP) is 5.07. The summed E-state index contributed by atoms with van der Waals surface area (Å²) in [5.41, 5.74) is 1.61. The lowest BCUT2D eigenvalue weighted by molar-refractivity contribution is -0.123. The third-order valence-corrected chi connectivity index (χ3v) is 5.63. The van der Waals surface area contributed by atoms with Gasteiger partial charge in [0.05, 0.1) is 28.4 Å². The molecule has 6 nitrogen and oxygen atoms in total. The van der Waals surface area contributed by atoms with Gasteiger partial charge in [-0.15, -0.1) is 11.3 Å². The Morgan fingerprint density at radius 2 is 1.83 bits per heavy atom. The lowest BCUT2D eigenvalue weighted by Gasteiger charge is -2.24. The van der Waals surface area contributed by atoms with Gasteiger partial charge in [0.15, 0.2) is 6.61 Å². The van der Waals surface area contributed by atoms with Gasteiger partial charge in [0, 0.05) is 5.02 Å². The SMILES string of the molecule is C/C(=N/OCC(=O)N(Cc1ccccc1Cl)c1ccccc1C(=O)O)c1cccs1. The second-order valence-electron chi connectivity index (χ2n) is 6.32. The van der Waals surface area contributed by atoms with Gasteiger partial charge in [0.25, 0.3) is 5.91 Å². The number of thiophene rings is 1. The number of hydrogen-bond acceptors (Lipinski definition) is 5. The molecule has 3 aromatic rings. The molecule has 1 amide bonds. The van der Waals surface area contributed by atoms with Crippen molar-refractivity contribution in [1.82, 2.24) is 0 Å². The van der Waals surface area contributed by atoms with Crippen molar-refractivity contribution in [3.63, 3.8) is 0 Å². The number of nitrogens with zero attached hydrogens (tertiary/aromatic N) is 2. The molecule has 0 saturated heterocycles. The van der Waals surface area contributed by atoms with Gasteiger partial charge in [-0.1, -0.05) is 53.2 Å². The van der Waals surface area contributed by atoms with Gasteiger partial charge in [0.2, 0.25) is 0 Å². The van der Waals surface area contributed by atoms with Crippen LogP contribution in [0.4, 0.5) is 5.69 Å². The minimum absolute atomic E-state index is 0.0103. The van der Waals surface area contributed by atoms with E-state index in [1.165, 1.54) is 22.3 Å². The zero-order valence-electron chi connectivity index (χ0n) is 16.1. The summed E-state index contributed by atoms with van der Waals surface area (Å²) in [6.45, 7) is 1.54. The van der Waals surface area contributed by atoms with E-state index >= 15 is 0 Å². The van der Waals surface area contributed by atoms with Crippen LogP contribution in [0.5, 0.6) is 0 Å². The molecule has 0 unspecified atom stereocenters. The van der Waals surface area contributed by atoms with Crippen LogP contribution in [0.15, 0.2) is 71.2 Å². The number of benzene rings is 2. The van der Waals surface area contributed by atoms with Crippen molar-refractivity contribution < 1.29 is 19.5 Å². The fourth-order valence-electron chi connectivity index (χ4n) is 2.79. The van der Waals surface area contributed by atoms with E-state index in [-0.39, 0.29) is 24.4 Å². The number of oxime groups is 1. The zero-order chi connectivity index (χ0) is 21.5. The molecule has 0 aliphatic heterocycles. The van der Waals surface area contributed by atoms with Gasteiger partial charge in [0.1, 0.15) is 0 Å². The maximum absolute atomic E-state index is 13.0. The first kappa shape index (κ1) is 21.5. The second kappa shape index (κ2) is 10.0. The molecule has 30 heavy (non-hydrogen) atoms. The van der Waals surface area contributed by atoms with Crippen LogP contribution < -0.4 is 4.90 Å². The maximum Gasteiger partial charge on any atom is 0.337 e. The van der Waals surface area contributed by atoms with E-state index in [1.54, 1.807) is 49.4 Å². The Labute approximate surface area is 183 Å². The van der Waals surface area contributed by atoms with E-state index in [4.69, 9.17) is 16.4 Å².